The zero-order chi connectivity index (χ0) is 43.8. The van der Waals surface area contributed by atoms with Crippen molar-refractivity contribution in [2.24, 2.45) is 0 Å². The molecule has 0 heterocycles. The summed E-state index contributed by atoms with van der Waals surface area (Å²) in [7, 11) is 1.65. The fraction of sp³-hybridized carbons (Fsp3) is 0.955. The molecule has 0 fully saturated rings. The first kappa shape index (κ1) is 59.1. The summed E-state index contributed by atoms with van der Waals surface area (Å²) in [6.07, 6.45) is 6.17. The van der Waals surface area contributed by atoms with Gasteiger partial charge in [-0.3, -0.25) is 0 Å². The lowest BCUT2D eigenvalue weighted by molar-refractivity contribution is -0.114. The van der Waals surface area contributed by atoms with Gasteiger partial charge in [0, 0.05) is 7.11 Å². The molecule has 60 heavy (non-hydrogen) atoms. The normalized spacial score (nSPS) is 14.4. The van der Waals surface area contributed by atoms with Gasteiger partial charge in [-0.15, -0.1) is 6.58 Å². The average Bonchev–Trinajstić information content (AvgIpc) is 3.27. The summed E-state index contributed by atoms with van der Waals surface area (Å²) >= 11 is 0. The second-order valence-corrected chi connectivity index (χ2v) is 13.7. The lowest BCUT2D eigenvalue weighted by Crippen LogP contribution is -2.32. The van der Waals surface area contributed by atoms with Crippen LogP contribution in [0.15, 0.2) is 12.7 Å². The summed E-state index contributed by atoms with van der Waals surface area (Å²) in [6, 6.07) is 0. The third kappa shape index (κ3) is 41.1. The van der Waals surface area contributed by atoms with Crippen LogP contribution >= 0.6 is 0 Å². The Labute approximate surface area is 364 Å². The van der Waals surface area contributed by atoms with Crippen LogP contribution in [0.5, 0.6) is 0 Å². The van der Waals surface area contributed by atoms with Crippen LogP contribution in [0.4, 0.5) is 0 Å². The van der Waals surface area contributed by atoms with E-state index in [1.54, 1.807) is 13.2 Å². The quantitative estimate of drug-likeness (QED) is 0.0599. The smallest absolute Gasteiger partial charge is 0.0810 e. The predicted octanol–water partition coefficient (Wildman–Crippen LogP) is 4.96. The highest BCUT2D eigenvalue weighted by atomic mass is 16.6. The highest BCUT2D eigenvalue weighted by molar-refractivity contribution is 4.68. The molecular formula is C44H88O16. The maximum absolute atomic E-state index is 6.21. The van der Waals surface area contributed by atoms with Crippen molar-refractivity contribution in [2.45, 2.75) is 97.2 Å². The van der Waals surface area contributed by atoms with Gasteiger partial charge in [0.05, 0.1) is 202 Å². The van der Waals surface area contributed by atoms with Crippen molar-refractivity contribution in [1.29, 1.82) is 0 Å². The Morgan fingerprint density at radius 3 is 0.750 bits per heavy atom. The molecular weight excluding hydrogens is 784 g/mol. The van der Waals surface area contributed by atoms with Gasteiger partial charge in [0.15, 0.2) is 0 Å². The first-order valence-electron chi connectivity index (χ1n) is 22.5. The lowest BCUT2D eigenvalue weighted by Gasteiger charge is -2.25. The van der Waals surface area contributed by atoms with Crippen molar-refractivity contribution < 1.29 is 75.8 Å². The van der Waals surface area contributed by atoms with Crippen LogP contribution in [-0.4, -0.2) is 209 Å². The van der Waals surface area contributed by atoms with Gasteiger partial charge in [-0.25, -0.2) is 0 Å². The number of hydrogen-bond acceptors (Lipinski definition) is 16. The molecule has 360 valence electrons. The molecule has 0 rings (SSSR count). The van der Waals surface area contributed by atoms with Crippen LogP contribution < -0.4 is 0 Å². The van der Waals surface area contributed by atoms with Crippen molar-refractivity contribution in [3.05, 3.63) is 12.7 Å². The Balaban J connectivity index is 3.63. The van der Waals surface area contributed by atoms with Gasteiger partial charge < -0.3 is 75.8 Å². The van der Waals surface area contributed by atoms with E-state index >= 15 is 0 Å². The van der Waals surface area contributed by atoms with Gasteiger partial charge in [-0.2, -0.15) is 0 Å². The summed E-state index contributed by atoms with van der Waals surface area (Å²) < 4.78 is 90.6. The standard InChI is InChI=1S/C44H88O16/c1-8-14-56-41(10-3)36-58-43(12-5)38-60-44(13-6)39-59-42(11-4)37-57-40(9-2)35-55-34-33-54-32-31-53-30-29-52-28-27-51-26-25-50-24-23-49-22-21-48-20-19-47-18-17-46-16-15-45-7/h8,40-44H,1,9-39H2,2-7H3. The fourth-order valence-corrected chi connectivity index (χ4v) is 4.93. The Morgan fingerprint density at radius 1 is 0.300 bits per heavy atom. The minimum Gasteiger partial charge on any atom is -0.382 e. The number of rotatable bonds is 52. The highest BCUT2D eigenvalue weighted by Gasteiger charge is 2.18. The van der Waals surface area contributed by atoms with Crippen LogP contribution in [0.2, 0.25) is 0 Å². The summed E-state index contributed by atoms with van der Waals surface area (Å²) in [5.74, 6) is 0. The molecule has 0 bridgehead atoms. The minimum atomic E-state index is -0.00929. The molecule has 5 unspecified atom stereocenters. The third-order valence-electron chi connectivity index (χ3n) is 8.88. The maximum Gasteiger partial charge on any atom is 0.0810 e. The summed E-state index contributed by atoms with van der Waals surface area (Å²) in [5, 5.41) is 0. The second kappa shape index (κ2) is 49.1. The van der Waals surface area contributed by atoms with Crippen molar-refractivity contribution >= 4 is 0 Å². The predicted molar refractivity (Wildman–Crippen MR) is 230 cm³/mol. The van der Waals surface area contributed by atoms with Crippen molar-refractivity contribution in [3.63, 3.8) is 0 Å². The molecule has 16 heteroatoms. The van der Waals surface area contributed by atoms with E-state index in [0.29, 0.717) is 172 Å². The zero-order valence-electron chi connectivity index (χ0n) is 38.6. The first-order chi connectivity index (χ1) is 29.6. The minimum absolute atomic E-state index is 0.00124. The van der Waals surface area contributed by atoms with E-state index in [9.17, 15) is 0 Å². The average molecular weight is 873 g/mol. The van der Waals surface area contributed by atoms with Gasteiger partial charge in [-0.05, 0) is 32.1 Å². The van der Waals surface area contributed by atoms with Gasteiger partial charge >= 0.3 is 0 Å². The summed E-state index contributed by atoms with van der Waals surface area (Å²) in [4.78, 5) is 0. The van der Waals surface area contributed by atoms with E-state index < -0.39 is 0 Å². The Hall–Kier alpha value is -0.900. The summed E-state index contributed by atoms with van der Waals surface area (Å²) in [6.45, 7) is 27.8. The van der Waals surface area contributed by atoms with Gasteiger partial charge in [-0.1, -0.05) is 40.7 Å². The molecule has 0 aromatic heterocycles. The van der Waals surface area contributed by atoms with Crippen molar-refractivity contribution in [3.8, 4) is 0 Å². The number of hydrogen-bond donors (Lipinski definition) is 0. The van der Waals surface area contributed by atoms with Gasteiger partial charge in [0.1, 0.15) is 0 Å². The van der Waals surface area contributed by atoms with E-state index in [1.807, 2.05) is 0 Å². The molecule has 0 radical (unpaired) electrons. The molecule has 0 spiro atoms. The van der Waals surface area contributed by atoms with E-state index in [0.717, 1.165) is 32.1 Å². The molecule has 0 amide bonds. The third-order valence-corrected chi connectivity index (χ3v) is 8.88. The van der Waals surface area contributed by atoms with Crippen LogP contribution in [0.1, 0.15) is 66.7 Å². The molecule has 16 nitrogen and oxygen atoms in total. The molecule has 0 saturated carbocycles. The maximum atomic E-state index is 6.21. The van der Waals surface area contributed by atoms with Crippen LogP contribution in [0.25, 0.3) is 0 Å². The molecule has 0 aliphatic heterocycles. The Kier molecular flexibility index (Phi) is 48.4. The van der Waals surface area contributed by atoms with E-state index in [4.69, 9.17) is 75.8 Å². The molecule has 0 aliphatic rings. The van der Waals surface area contributed by atoms with Gasteiger partial charge in [0.2, 0.25) is 0 Å². The zero-order valence-corrected chi connectivity index (χ0v) is 38.6. The van der Waals surface area contributed by atoms with E-state index in [-0.39, 0.29) is 30.5 Å². The molecule has 0 saturated heterocycles. The van der Waals surface area contributed by atoms with Crippen LogP contribution in [0, 0.1) is 0 Å². The molecule has 0 aromatic rings. The van der Waals surface area contributed by atoms with Crippen molar-refractivity contribution in [2.75, 3.05) is 179 Å². The fourth-order valence-electron chi connectivity index (χ4n) is 4.93. The first-order valence-corrected chi connectivity index (χ1v) is 22.5. The summed E-state index contributed by atoms with van der Waals surface area (Å²) in [5.41, 5.74) is 0. The monoisotopic (exact) mass is 873 g/mol. The van der Waals surface area contributed by atoms with Crippen LogP contribution in [-0.2, 0) is 75.8 Å². The second-order valence-electron chi connectivity index (χ2n) is 13.7. The molecule has 5 atom stereocenters. The molecule has 0 aliphatic carbocycles. The highest BCUT2D eigenvalue weighted by Crippen LogP contribution is 2.11. The largest absolute Gasteiger partial charge is 0.382 e. The SMILES string of the molecule is C=CCOC(CC)COC(CC)COC(CC)COC(CC)COC(CC)COCCOCCOCCOCCOCCOCCOCCOCCOCCOCCOC. The van der Waals surface area contributed by atoms with Gasteiger partial charge in [0.25, 0.3) is 0 Å². The molecule has 0 N–H and O–H groups in total. The van der Waals surface area contributed by atoms with E-state index in [2.05, 4.69) is 41.2 Å². The molecule has 0 aromatic carbocycles. The Bertz CT molecular complexity index is 831. The Morgan fingerprint density at radius 2 is 0.517 bits per heavy atom. The van der Waals surface area contributed by atoms with Crippen molar-refractivity contribution in [1.82, 2.24) is 0 Å². The van der Waals surface area contributed by atoms with Crippen LogP contribution in [0.3, 0.4) is 0 Å². The number of ether oxygens (including phenoxy) is 16. The lowest BCUT2D eigenvalue weighted by atomic mass is 10.2. The number of methoxy groups -OCH3 is 1. The van der Waals surface area contributed by atoms with E-state index in [1.165, 1.54) is 0 Å². The topological polar surface area (TPSA) is 148 Å².